The Labute approximate surface area is 170 Å². The van der Waals surface area contributed by atoms with Crippen LogP contribution in [-0.4, -0.2) is 11.7 Å². The van der Waals surface area contributed by atoms with Gasteiger partial charge in [-0.15, -0.1) is 0 Å². The molecule has 2 aliphatic rings. The Balaban J connectivity index is 1.71. The van der Waals surface area contributed by atoms with E-state index >= 15 is 0 Å². The molecule has 1 atom stereocenters. The van der Waals surface area contributed by atoms with E-state index in [1.165, 1.54) is 6.08 Å². The maximum Gasteiger partial charge on any atom is 0.247 e. The first-order valence-electron chi connectivity index (χ1n) is 9.41. The Bertz CT molecular complexity index is 979. The summed E-state index contributed by atoms with van der Waals surface area (Å²) in [7, 11) is 0. The molecular formula is C23H25N5O. The predicted octanol–water partition coefficient (Wildman–Crippen LogP) is 3.33. The quantitative estimate of drug-likeness (QED) is 0.341. The number of anilines is 1. The van der Waals surface area contributed by atoms with E-state index in [-0.39, 0.29) is 11.9 Å². The van der Waals surface area contributed by atoms with Crippen LogP contribution in [0.5, 0.6) is 0 Å². The van der Waals surface area contributed by atoms with Gasteiger partial charge in [-0.1, -0.05) is 49.1 Å². The molecule has 0 aromatic heterocycles. The van der Waals surface area contributed by atoms with Crippen LogP contribution in [0.2, 0.25) is 0 Å². The van der Waals surface area contributed by atoms with Gasteiger partial charge in [0.15, 0.2) is 0 Å². The number of nitrogens with two attached hydrogens (primary N) is 2. The highest BCUT2D eigenvalue weighted by atomic mass is 16.1. The number of carbonyl (C=O) groups is 1. The number of nitrogens with zero attached hydrogens (tertiary/aromatic N) is 1. The molecule has 1 aliphatic carbocycles. The van der Waals surface area contributed by atoms with Gasteiger partial charge >= 0.3 is 0 Å². The zero-order chi connectivity index (χ0) is 20.6. The third-order valence-electron chi connectivity index (χ3n) is 4.50. The second-order valence-corrected chi connectivity index (χ2v) is 6.67. The number of amides is 1. The summed E-state index contributed by atoms with van der Waals surface area (Å²) in [6.45, 7) is 3.47. The van der Waals surface area contributed by atoms with Crippen molar-refractivity contribution >= 4 is 17.4 Å². The number of hydrogen-bond donors (Lipinski definition) is 4. The minimum atomic E-state index is -0.250. The molecule has 6 N–H and O–H groups in total. The second kappa shape index (κ2) is 9.41. The fourth-order valence-electron chi connectivity index (χ4n) is 3.05. The van der Waals surface area contributed by atoms with Gasteiger partial charge < -0.3 is 22.1 Å². The summed E-state index contributed by atoms with van der Waals surface area (Å²) in [6.07, 6.45) is 16.7. The smallest absolute Gasteiger partial charge is 0.247 e. The van der Waals surface area contributed by atoms with E-state index < -0.39 is 0 Å². The van der Waals surface area contributed by atoms with E-state index in [0.29, 0.717) is 23.0 Å². The highest BCUT2D eigenvalue weighted by Crippen LogP contribution is 2.23. The molecule has 1 unspecified atom stereocenters. The number of carbonyl (C=O) groups excluding carboxylic acids is 1. The van der Waals surface area contributed by atoms with Crippen LogP contribution in [0.4, 0.5) is 5.69 Å². The Morgan fingerprint density at radius 2 is 2.14 bits per heavy atom. The first-order valence-corrected chi connectivity index (χ1v) is 9.41. The van der Waals surface area contributed by atoms with Gasteiger partial charge in [0.05, 0.1) is 6.04 Å². The molecule has 1 aromatic carbocycles. The Morgan fingerprint density at radius 3 is 2.90 bits per heavy atom. The number of rotatable bonds is 6. The van der Waals surface area contributed by atoms with Crippen LogP contribution in [0, 0.1) is 0 Å². The molecule has 1 aromatic rings. The summed E-state index contributed by atoms with van der Waals surface area (Å²) in [4.78, 5) is 16.0. The van der Waals surface area contributed by atoms with E-state index in [4.69, 9.17) is 11.5 Å². The number of dihydropyridines is 1. The van der Waals surface area contributed by atoms with Gasteiger partial charge in [0.2, 0.25) is 5.91 Å². The van der Waals surface area contributed by atoms with E-state index in [1.54, 1.807) is 6.08 Å². The van der Waals surface area contributed by atoms with Gasteiger partial charge in [-0.3, -0.25) is 4.79 Å². The zero-order valence-corrected chi connectivity index (χ0v) is 16.1. The maximum absolute atomic E-state index is 11.5. The van der Waals surface area contributed by atoms with Crippen LogP contribution < -0.4 is 22.1 Å². The molecule has 0 saturated heterocycles. The lowest BCUT2D eigenvalue weighted by Gasteiger charge is -2.20. The molecule has 0 fully saturated rings. The SMILES string of the molecule is C=CC(=O)Nc1cccc(C2C=CC=C(N=C(N)/C=C(\N)C3=CC=CCC3)N2)c1. The highest BCUT2D eigenvalue weighted by Gasteiger charge is 2.13. The fourth-order valence-corrected chi connectivity index (χ4v) is 3.05. The van der Waals surface area contributed by atoms with Crippen molar-refractivity contribution in [3.63, 3.8) is 0 Å². The number of nitrogens with one attached hydrogen (secondary N) is 2. The van der Waals surface area contributed by atoms with Crippen LogP contribution in [0.25, 0.3) is 0 Å². The van der Waals surface area contributed by atoms with Gasteiger partial charge in [0.25, 0.3) is 0 Å². The first kappa shape index (κ1) is 19.9. The van der Waals surface area contributed by atoms with Crippen molar-refractivity contribution < 1.29 is 4.79 Å². The molecule has 0 spiro atoms. The normalized spacial score (nSPS) is 19.1. The number of allylic oxidation sites excluding steroid dienone is 6. The lowest BCUT2D eigenvalue weighted by atomic mass is 10.0. The van der Waals surface area contributed by atoms with Crippen molar-refractivity contribution in [1.29, 1.82) is 0 Å². The van der Waals surface area contributed by atoms with Crippen LogP contribution in [0.15, 0.2) is 102 Å². The van der Waals surface area contributed by atoms with E-state index in [0.717, 1.165) is 24.0 Å². The molecular weight excluding hydrogens is 362 g/mol. The Kier molecular flexibility index (Phi) is 6.47. The summed E-state index contributed by atoms with van der Waals surface area (Å²) in [5.74, 6) is 0.718. The van der Waals surface area contributed by atoms with Crippen molar-refractivity contribution in [2.45, 2.75) is 18.9 Å². The summed E-state index contributed by atoms with van der Waals surface area (Å²) < 4.78 is 0. The molecule has 6 heteroatoms. The largest absolute Gasteiger partial charge is 0.398 e. The average Bonchev–Trinajstić information content (AvgIpc) is 2.74. The summed E-state index contributed by atoms with van der Waals surface area (Å²) in [5.41, 5.74) is 15.6. The molecule has 0 radical (unpaired) electrons. The molecule has 148 valence electrons. The minimum Gasteiger partial charge on any atom is -0.398 e. The summed E-state index contributed by atoms with van der Waals surface area (Å²) in [5, 5.41) is 6.09. The van der Waals surface area contributed by atoms with E-state index in [1.807, 2.05) is 54.6 Å². The van der Waals surface area contributed by atoms with Crippen LogP contribution >= 0.6 is 0 Å². The number of aliphatic imine (C=N–C) groups is 1. The number of amidine groups is 1. The standard InChI is InChI=1S/C23H25N5O/c1-2-23(29)26-18-11-6-10-17(14-18)20-12-7-13-22(27-20)28-21(25)15-19(24)16-8-4-3-5-9-16/h2-4,6-8,10-15,20,27H,1,5,9,24H2,(H2,25,28)(H,26,29)/b19-15-. The molecule has 29 heavy (non-hydrogen) atoms. The highest BCUT2D eigenvalue weighted by molar-refractivity contribution is 5.98. The molecule has 1 heterocycles. The van der Waals surface area contributed by atoms with Crippen LogP contribution in [0.3, 0.4) is 0 Å². The lowest BCUT2D eigenvalue weighted by molar-refractivity contribution is -0.111. The Morgan fingerprint density at radius 1 is 1.28 bits per heavy atom. The lowest BCUT2D eigenvalue weighted by Crippen LogP contribution is -2.23. The monoisotopic (exact) mass is 387 g/mol. The first-order chi connectivity index (χ1) is 14.0. The van der Waals surface area contributed by atoms with Crippen molar-refractivity contribution in [1.82, 2.24) is 5.32 Å². The number of hydrogen-bond acceptors (Lipinski definition) is 4. The van der Waals surface area contributed by atoms with Crippen molar-refractivity contribution in [3.05, 3.63) is 102 Å². The number of benzene rings is 1. The maximum atomic E-state index is 11.5. The third-order valence-corrected chi connectivity index (χ3v) is 4.50. The molecule has 6 nitrogen and oxygen atoms in total. The van der Waals surface area contributed by atoms with Crippen LogP contribution in [-0.2, 0) is 4.79 Å². The molecule has 1 amide bonds. The van der Waals surface area contributed by atoms with Gasteiger partial charge in [-0.05, 0) is 48.3 Å². The van der Waals surface area contributed by atoms with Gasteiger partial charge in [-0.25, -0.2) is 4.99 Å². The average molecular weight is 387 g/mol. The van der Waals surface area contributed by atoms with Crippen molar-refractivity contribution in [2.24, 2.45) is 16.5 Å². The Hall–Kier alpha value is -3.80. The van der Waals surface area contributed by atoms with Gasteiger partial charge in [0.1, 0.15) is 11.7 Å². The van der Waals surface area contributed by atoms with E-state index in [9.17, 15) is 4.79 Å². The summed E-state index contributed by atoms with van der Waals surface area (Å²) >= 11 is 0. The molecule has 1 aliphatic heterocycles. The molecule has 3 rings (SSSR count). The van der Waals surface area contributed by atoms with Crippen molar-refractivity contribution in [2.75, 3.05) is 5.32 Å². The topological polar surface area (TPSA) is 106 Å². The second-order valence-electron chi connectivity index (χ2n) is 6.67. The van der Waals surface area contributed by atoms with Crippen LogP contribution in [0.1, 0.15) is 24.4 Å². The predicted molar refractivity (Wildman–Crippen MR) is 119 cm³/mol. The molecule has 0 saturated carbocycles. The van der Waals surface area contributed by atoms with Gasteiger partial charge in [0, 0.05) is 17.5 Å². The van der Waals surface area contributed by atoms with E-state index in [2.05, 4.69) is 28.3 Å². The molecule has 0 bridgehead atoms. The summed E-state index contributed by atoms with van der Waals surface area (Å²) in [6, 6.07) is 7.49. The zero-order valence-electron chi connectivity index (χ0n) is 16.1. The minimum absolute atomic E-state index is 0.0975. The van der Waals surface area contributed by atoms with Crippen molar-refractivity contribution in [3.8, 4) is 0 Å². The fraction of sp³-hybridized carbons (Fsp3) is 0.130. The third kappa shape index (κ3) is 5.59. The van der Waals surface area contributed by atoms with Gasteiger partial charge in [-0.2, -0.15) is 0 Å².